The molecule has 1 atom stereocenters. The van der Waals surface area contributed by atoms with Gasteiger partial charge in [-0.3, -0.25) is 0 Å². The van der Waals surface area contributed by atoms with Crippen molar-refractivity contribution in [2.45, 2.75) is 12.3 Å². The summed E-state index contributed by atoms with van der Waals surface area (Å²) in [6.07, 6.45) is 5.54. The Morgan fingerprint density at radius 2 is 1.27 bits per heavy atom. The van der Waals surface area contributed by atoms with Crippen LogP contribution in [-0.2, 0) is 0 Å². The van der Waals surface area contributed by atoms with Crippen LogP contribution in [0.4, 0.5) is 11.4 Å². The van der Waals surface area contributed by atoms with E-state index in [1.54, 1.807) is 0 Å². The molecule has 8 aromatic rings. The lowest BCUT2D eigenvalue weighted by molar-refractivity contribution is 0.424. The second kappa shape index (κ2) is 9.56. The third kappa shape index (κ3) is 3.81. The van der Waals surface area contributed by atoms with E-state index in [1.807, 2.05) is 11.3 Å². The van der Waals surface area contributed by atoms with Crippen molar-refractivity contribution in [2.24, 2.45) is 0 Å². The molecule has 7 aromatic carbocycles. The highest BCUT2D eigenvalue weighted by Gasteiger charge is 2.32. The number of rotatable bonds is 3. The maximum atomic E-state index is 6.43. The van der Waals surface area contributed by atoms with Gasteiger partial charge in [-0.1, -0.05) is 103 Å². The van der Waals surface area contributed by atoms with Gasteiger partial charge in [-0.05, 0) is 75.1 Å². The van der Waals surface area contributed by atoms with Gasteiger partial charge in [-0.2, -0.15) is 0 Å². The molecule has 0 N–H and O–H groups in total. The number of anilines is 2. The van der Waals surface area contributed by atoms with Crippen molar-refractivity contribution in [1.82, 2.24) is 0 Å². The van der Waals surface area contributed by atoms with Crippen molar-refractivity contribution in [3.8, 4) is 5.75 Å². The fraction of sp³-hybridized carbons (Fsp3) is 0.0476. The van der Waals surface area contributed by atoms with Crippen LogP contribution in [-0.4, -0.2) is 0 Å². The Kier molecular flexibility index (Phi) is 5.31. The van der Waals surface area contributed by atoms with Gasteiger partial charge in [0.2, 0.25) is 0 Å². The summed E-state index contributed by atoms with van der Waals surface area (Å²) in [5.41, 5.74) is 4.71. The van der Waals surface area contributed by atoms with E-state index in [2.05, 4.69) is 151 Å². The molecular formula is C42H27NOS. The Hall–Kier alpha value is -5.38. The highest BCUT2D eigenvalue weighted by atomic mass is 32.1. The summed E-state index contributed by atoms with van der Waals surface area (Å²) >= 11 is 1.86. The molecule has 0 saturated carbocycles. The topological polar surface area (TPSA) is 12.5 Å². The molecule has 0 radical (unpaired) electrons. The number of nitrogens with zero attached hydrogens (tertiary/aromatic N) is 1. The monoisotopic (exact) mass is 593 g/mol. The van der Waals surface area contributed by atoms with Crippen molar-refractivity contribution in [1.29, 1.82) is 0 Å². The Morgan fingerprint density at radius 3 is 2.20 bits per heavy atom. The lowest BCUT2D eigenvalue weighted by Gasteiger charge is -2.29. The average molecular weight is 594 g/mol. The number of hydrogen-bond donors (Lipinski definition) is 0. The largest absolute Gasteiger partial charge is 0.461 e. The minimum Gasteiger partial charge on any atom is -0.461 e. The normalized spacial score (nSPS) is 15.7. The van der Waals surface area contributed by atoms with Gasteiger partial charge in [-0.15, -0.1) is 11.3 Å². The maximum absolute atomic E-state index is 6.43. The molecule has 212 valence electrons. The van der Waals surface area contributed by atoms with Crippen LogP contribution >= 0.6 is 11.3 Å². The third-order valence-corrected chi connectivity index (χ3v) is 10.7. The van der Waals surface area contributed by atoms with E-state index >= 15 is 0 Å². The fourth-order valence-corrected chi connectivity index (χ4v) is 8.59. The Morgan fingerprint density at radius 1 is 0.578 bits per heavy atom. The first-order valence-electron chi connectivity index (χ1n) is 15.5. The Bertz CT molecular complexity index is 2570. The van der Waals surface area contributed by atoms with Gasteiger partial charge < -0.3 is 9.64 Å². The number of ether oxygens (including phenoxy) is 1. The van der Waals surface area contributed by atoms with Crippen LogP contribution in [0.15, 0.2) is 157 Å². The highest BCUT2D eigenvalue weighted by Crippen LogP contribution is 2.47. The molecule has 3 heteroatoms. The highest BCUT2D eigenvalue weighted by molar-refractivity contribution is 7.25. The molecule has 2 nitrogen and oxygen atoms in total. The summed E-state index contributed by atoms with van der Waals surface area (Å²) in [5.74, 6) is 2.28. The molecule has 1 aromatic heterocycles. The fourth-order valence-electron chi connectivity index (χ4n) is 7.45. The van der Waals surface area contributed by atoms with Gasteiger partial charge in [0, 0.05) is 54.8 Å². The zero-order valence-electron chi connectivity index (χ0n) is 24.4. The quantitative estimate of drug-likeness (QED) is 0.189. The summed E-state index contributed by atoms with van der Waals surface area (Å²) in [7, 11) is 0. The van der Waals surface area contributed by atoms with Gasteiger partial charge in [0.05, 0.1) is 0 Å². The van der Waals surface area contributed by atoms with Crippen LogP contribution < -0.4 is 9.64 Å². The molecule has 0 amide bonds. The maximum Gasteiger partial charge on any atom is 0.130 e. The van der Waals surface area contributed by atoms with Crippen LogP contribution in [0.25, 0.3) is 52.5 Å². The van der Waals surface area contributed by atoms with Crippen molar-refractivity contribution < 1.29 is 4.74 Å². The smallest absolute Gasteiger partial charge is 0.130 e. The Balaban J connectivity index is 1.16. The van der Waals surface area contributed by atoms with E-state index in [9.17, 15) is 0 Å². The van der Waals surface area contributed by atoms with Gasteiger partial charge in [0.1, 0.15) is 11.5 Å². The van der Waals surface area contributed by atoms with E-state index in [4.69, 9.17) is 4.74 Å². The van der Waals surface area contributed by atoms with Crippen LogP contribution in [0.1, 0.15) is 17.9 Å². The summed E-state index contributed by atoms with van der Waals surface area (Å²) in [6.45, 7) is 0. The molecule has 10 rings (SSSR count). The molecule has 45 heavy (non-hydrogen) atoms. The number of para-hydroxylation sites is 1. The minimum absolute atomic E-state index is 0.271. The molecule has 0 bridgehead atoms. The molecule has 0 saturated heterocycles. The van der Waals surface area contributed by atoms with E-state index in [0.29, 0.717) is 0 Å². The second-order valence-corrected chi connectivity index (χ2v) is 13.2. The summed E-state index contributed by atoms with van der Waals surface area (Å²) in [5, 5.41) is 10.3. The number of fused-ring (bicyclic) bond motifs is 11. The minimum atomic E-state index is 0.271. The van der Waals surface area contributed by atoms with E-state index < -0.39 is 0 Å². The third-order valence-electron chi connectivity index (χ3n) is 9.56. The van der Waals surface area contributed by atoms with Gasteiger partial charge in [-0.25, -0.2) is 0 Å². The first-order valence-corrected chi connectivity index (χ1v) is 16.3. The first-order chi connectivity index (χ1) is 22.3. The summed E-state index contributed by atoms with van der Waals surface area (Å²) in [6, 6.07) is 48.7. The summed E-state index contributed by atoms with van der Waals surface area (Å²) < 4.78 is 9.04. The Labute approximate surface area is 264 Å². The molecule has 2 heterocycles. The van der Waals surface area contributed by atoms with Gasteiger partial charge >= 0.3 is 0 Å². The predicted molar refractivity (Wildman–Crippen MR) is 191 cm³/mol. The summed E-state index contributed by atoms with van der Waals surface area (Å²) in [4.78, 5) is 2.41. The average Bonchev–Trinajstić information content (AvgIpc) is 3.65. The number of allylic oxidation sites excluding steroid dienone is 3. The number of hydrogen-bond acceptors (Lipinski definition) is 3. The van der Waals surface area contributed by atoms with Gasteiger partial charge in [0.25, 0.3) is 0 Å². The standard InChI is InChI=1S/C42H27NOS/c1-2-8-32-26(7-1)13-14-27-15-16-28-23-29(17-20-33(28)42(27)32)43(30-18-21-35-34-9-3-5-11-38(34)44-39(35)24-30)31-19-22-37-36-10-4-6-12-40(36)45-41(37)25-31/h1-20,22-25,35H,21H2. The van der Waals surface area contributed by atoms with Crippen LogP contribution in [0.5, 0.6) is 5.75 Å². The second-order valence-electron chi connectivity index (χ2n) is 12.1. The van der Waals surface area contributed by atoms with E-state index in [-0.39, 0.29) is 5.92 Å². The van der Waals surface area contributed by atoms with Crippen LogP contribution in [0, 0.1) is 0 Å². The zero-order valence-corrected chi connectivity index (χ0v) is 25.2. The molecule has 0 spiro atoms. The zero-order chi connectivity index (χ0) is 29.5. The van der Waals surface area contributed by atoms with E-state index in [1.165, 1.54) is 58.1 Å². The molecule has 2 aliphatic rings. The van der Waals surface area contributed by atoms with Crippen molar-refractivity contribution in [3.05, 3.63) is 163 Å². The molecular weight excluding hydrogens is 567 g/mol. The van der Waals surface area contributed by atoms with Crippen LogP contribution in [0.3, 0.4) is 0 Å². The van der Waals surface area contributed by atoms with Crippen LogP contribution in [0.2, 0.25) is 0 Å². The SMILES string of the molecule is C1=C2Oc3ccccc3C2CC=C1N(c1ccc2c(ccc3ccc4ccccc4c32)c1)c1ccc2c(c1)sc1ccccc12. The molecule has 1 aliphatic carbocycles. The van der Waals surface area contributed by atoms with Crippen molar-refractivity contribution in [2.75, 3.05) is 4.90 Å². The lowest BCUT2D eigenvalue weighted by atomic mass is 9.91. The lowest BCUT2D eigenvalue weighted by Crippen LogP contribution is -2.18. The first kappa shape index (κ1) is 25.0. The van der Waals surface area contributed by atoms with Crippen molar-refractivity contribution in [3.63, 3.8) is 0 Å². The number of benzene rings is 7. The number of thiophene rings is 1. The van der Waals surface area contributed by atoms with E-state index in [0.717, 1.165) is 35.0 Å². The van der Waals surface area contributed by atoms with Crippen molar-refractivity contribution >= 4 is 75.2 Å². The predicted octanol–water partition coefficient (Wildman–Crippen LogP) is 12.0. The molecule has 0 fully saturated rings. The molecule has 1 unspecified atom stereocenters. The van der Waals surface area contributed by atoms with Gasteiger partial charge in [0.15, 0.2) is 0 Å². The molecule has 1 aliphatic heterocycles.